The molecule has 0 aromatic rings. The van der Waals surface area contributed by atoms with Crippen LogP contribution in [0.15, 0.2) is 0 Å². The van der Waals surface area contributed by atoms with Gasteiger partial charge in [-0.2, -0.15) is 0 Å². The molecule has 36 heavy (non-hydrogen) atoms. The van der Waals surface area contributed by atoms with Crippen molar-refractivity contribution in [2.24, 2.45) is 5.92 Å². The Labute approximate surface area is 226 Å². The molecule has 1 aliphatic rings. The third-order valence-electron chi connectivity index (χ3n) is 8.46. The average Bonchev–Trinajstić information content (AvgIpc) is 3.37. The first kappa shape index (κ1) is 33.6. The van der Waals surface area contributed by atoms with Crippen LogP contribution in [0.2, 0.25) is 0 Å². The lowest BCUT2D eigenvalue weighted by molar-refractivity contribution is -0.128. The Hall–Kier alpha value is -0.410. The molecule has 214 valence electrons. The Bertz CT molecular complexity index is 480. The van der Waals surface area contributed by atoms with Crippen LogP contribution in [-0.2, 0) is 9.53 Å². The molecule has 0 N–H and O–H groups in total. The number of ketones is 1. The van der Waals surface area contributed by atoms with Gasteiger partial charge in [0.15, 0.2) is 5.78 Å². The van der Waals surface area contributed by atoms with E-state index in [1.165, 1.54) is 135 Å². The quantitative estimate of drug-likeness (QED) is 0.109. The first-order valence-corrected chi connectivity index (χ1v) is 16.6. The van der Waals surface area contributed by atoms with Crippen LogP contribution in [-0.4, -0.2) is 36.1 Å². The highest BCUT2D eigenvalue weighted by Gasteiger charge is 2.38. The maximum Gasteiger partial charge on any atom is 0.155 e. The number of unbranched alkanes of at least 4 members (excludes halogenated alkanes) is 15. The number of ether oxygens (including phenoxy) is 1. The van der Waals surface area contributed by atoms with Gasteiger partial charge in [-0.1, -0.05) is 150 Å². The van der Waals surface area contributed by atoms with E-state index in [-0.39, 0.29) is 12.0 Å². The summed E-state index contributed by atoms with van der Waals surface area (Å²) >= 11 is 0. The van der Waals surface area contributed by atoms with Crippen molar-refractivity contribution in [3.8, 4) is 0 Å². The normalized spacial score (nSPS) is 17.3. The molecule has 0 radical (unpaired) electrons. The number of hydrogen-bond acceptors (Lipinski definition) is 3. The molecule has 1 fully saturated rings. The van der Waals surface area contributed by atoms with E-state index in [1.54, 1.807) is 0 Å². The fraction of sp³-hybridized carbons (Fsp3) is 0.970. The average molecular weight is 508 g/mol. The van der Waals surface area contributed by atoms with Crippen molar-refractivity contribution < 1.29 is 9.53 Å². The fourth-order valence-corrected chi connectivity index (χ4v) is 6.02. The summed E-state index contributed by atoms with van der Waals surface area (Å²) in [5.74, 6) is 0.758. The van der Waals surface area contributed by atoms with Crippen molar-refractivity contribution in [3.05, 3.63) is 0 Å². The van der Waals surface area contributed by atoms with Gasteiger partial charge in [-0.25, -0.2) is 0 Å². The summed E-state index contributed by atoms with van der Waals surface area (Å²) < 4.78 is 6.02. The van der Waals surface area contributed by atoms with Gasteiger partial charge in [-0.3, -0.25) is 9.69 Å². The molecule has 0 aliphatic carbocycles. The third-order valence-corrected chi connectivity index (χ3v) is 8.46. The molecule has 0 spiro atoms. The van der Waals surface area contributed by atoms with Crippen LogP contribution < -0.4 is 0 Å². The van der Waals surface area contributed by atoms with Gasteiger partial charge in [-0.05, 0) is 25.7 Å². The minimum atomic E-state index is 0.00750. The van der Waals surface area contributed by atoms with E-state index in [4.69, 9.17) is 4.74 Å². The van der Waals surface area contributed by atoms with Gasteiger partial charge in [-0.15, -0.1) is 0 Å². The Morgan fingerprint density at radius 3 is 1.44 bits per heavy atom. The van der Waals surface area contributed by atoms with E-state index < -0.39 is 0 Å². The monoisotopic (exact) mass is 508 g/mol. The molecule has 0 bridgehead atoms. The number of Topliss-reactive ketones (excluding diaryl/α,β-unsaturated/α-hetero) is 1. The van der Waals surface area contributed by atoms with Gasteiger partial charge in [0.25, 0.3) is 0 Å². The second-order valence-electron chi connectivity index (χ2n) is 11.7. The van der Waals surface area contributed by atoms with Crippen LogP contribution in [0.5, 0.6) is 0 Å². The largest absolute Gasteiger partial charge is 0.364 e. The van der Waals surface area contributed by atoms with E-state index in [9.17, 15) is 4.79 Å². The molecule has 0 aromatic heterocycles. The molecule has 1 heterocycles. The summed E-state index contributed by atoms with van der Waals surface area (Å²) in [6, 6.07) is 0.531. The zero-order chi connectivity index (χ0) is 26.3. The molecular weight excluding hydrogens is 442 g/mol. The number of rotatable bonds is 26. The summed E-state index contributed by atoms with van der Waals surface area (Å²) in [6.45, 7) is 10.4. The molecule has 1 aliphatic heterocycles. The van der Waals surface area contributed by atoms with E-state index in [1.807, 2.05) is 0 Å². The van der Waals surface area contributed by atoms with Gasteiger partial charge < -0.3 is 4.74 Å². The van der Waals surface area contributed by atoms with E-state index in [0.29, 0.717) is 25.2 Å². The highest BCUT2D eigenvalue weighted by atomic mass is 16.5. The second-order valence-corrected chi connectivity index (χ2v) is 11.7. The van der Waals surface area contributed by atoms with Crippen LogP contribution in [0.3, 0.4) is 0 Å². The van der Waals surface area contributed by atoms with Crippen molar-refractivity contribution >= 4 is 5.78 Å². The maximum absolute atomic E-state index is 14.0. The molecule has 2 atom stereocenters. The number of carbonyl (C=O) groups excluding carboxylic acids is 1. The molecule has 0 amide bonds. The molecule has 0 aromatic carbocycles. The minimum absolute atomic E-state index is 0.00750. The molecule has 3 heteroatoms. The SMILES string of the molecule is CCCCCCCC(CCCCCC)C(=O)[C@@H]1COCN1C(CCCCCCC)CCCCCCC. The number of carbonyl (C=O) groups is 1. The van der Waals surface area contributed by atoms with Crippen LogP contribution in [0, 0.1) is 5.92 Å². The zero-order valence-corrected chi connectivity index (χ0v) is 25.2. The van der Waals surface area contributed by atoms with Gasteiger partial charge in [0.1, 0.15) is 0 Å². The smallest absolute Gasteiger partial charge is 0.155 e. The lowest BCUT2D eigenvalue weighted by atomic mass is 9.86. The molecule has 0 saturated carbocycles. The molecule has 1 saturated heterocycles. The summed E-state index contributed by atoms with van der Waals surface area (Å²) in [7, 11) is 0. The van der Waals surface area contributed by atoms with Crippen molar-refractivity contribution in [2.45, 2.75) is 187 Å². The van der Waals surface area contributed by atoms with Crippen LogP contribution in [0.25, 0.3) is 0 Å². The second kappa shape index (κ2) is 23.7. The van der Waals surface area contributed by atoms with Gasteiger partial charge >= 0.3 is 0 Å². The third kappa shape index (κ3) is 15.1. The highest BCUT2D eigenvalue weighted by molar-refractivity contribution is 5.86. The molecule has 1 rings (SSSR count). The minimum Gasteiger partial charge on any atom is -0.364 e. The Balaban J connectivity index is 2.76. The van der Waals surface area contributed by atoms with Crippen molar-refractivity contribution in [3.63, 3.8) is 0 Å². The predicted octanol–water partition coefficient (Wildman–Crippen LogP) is 10.3. The first-order chi connectivity index (χ1) is 17.7. The molecule has 1 unspecified atom stereocenters. The van der Waals surface area contributed by atoms with Crippen molar-refractivity contribution in [1.29, 1.82) is 0 Å². The zero-order valence-electron chi connectivity index (χ0n) is 25.2. The first-order valence-electron chi connectivity index (χ1n) is 16.6. The van der Waals surface area contributed by atoms with Crippen LogP contribution in [0.1, 0.15) is 175 Å². The predicted molar refractivity (Wildman–Crippen MR) is 158 cm³/mol. The summed E-state index contributed by atoms with van der Waals surface area (Å²) in [5, 5.41) is 0. The summed E-state index contributed by atoms with van der Waals surface area (Å²) in [6.07, 6.45) is 29.5. The summed E-state index contributed by atoms with van der Waals surface area (Å²) in [4.78, 5) is 16.5. The molecular formula is C33H65NO2. The number of hydrogen-bond donors (Lipinski definition) is 0. The Morgan fingerprint density at radius 2 is 1.00 bits per heavy atom. The standard InChI is InChI=1S/C33H65NO2/c1-5-9-13-17-21-25-30(24-20-16-12-8-4)33(35)32-28-36-29-34(32)31(26-22-18-14-10-6-2)27-23-19-15-11-7-3/h30-32H,5-29H2,1-4H3/t30?,32-/m0/s1. The van der Waals surface area contributed by atoms with E-state index in [2.05, 4.69) is 32.6 Å². The lowest BCUT2D eigenvalue weighted by Gasteiger charge is -2.33. The Morgan fingerprint density at radius 1 is 0.611 bits per heavy atom. The van der Waals surface area contributed by atoms with Crippen molar-refractivity contribution in [1.82, 2.24) is 4.90 Å². The highest BCUT2D eigenvalue weighted by Crippen LogP contribution is 2.28. The van der Waals surface area contributed by atoms with Crippen LogP contribution >= 0.6 is 0 Å². The fourth-order valence-electron chi connectivity index (χ4n) is 6.02. The van der Waals surface area contributed by atoms with Crippen molar-refractivity contribution in [2.75, 3.05) is 13.3 Å². The van der Waals surface area contributed by atoms with E-state index >= 15 is 0 Å². The number of nitrogens with zero attached hydrogens (tertiary/aromatic N) is 1. The molecule has 3 nitrogen and oxygen atoms in total. The maximum atomic E-state index is 14.0. The van der Waals surface area contributed by atoms with Gasteiger partial charge in [0.2, 0.25) is 0 Å². The Kier molecular flexibility index (Phi) is 22.1. The van der Waals surface area contributed by atoms with Gasteiger partial charge in [0.05, 0.1) is 19.4 Å². The van der Waals surface area contributed by atoms with Crippen LogP contribution in [0.4, 0.5) is 0 Å². The van der Waals surface area contributed by atoms with Gasteiger partial charge in [0, 0.05) is 12.0 Å². The lowest BCUT2D eigenvalue weighted by Crippen LogP contribution is -2.46. The van der Waals surface area contributed by atoms with E-state index in [0.717, 1.165) is 12.8 Å². The summed E-state index contributed by atoms with van der Waals surface area (Å²) in [5.41, 5.74) is 0. The topological polar surface area (TPSA) is 29.5 Å².